The van der Waals surface area contributed by atoms with Crippen LogP contribution in [0.3, 0.4) is 0 Å². The molecule has 2 unspecified atom stereocenters. The quantitative estimate of drug-likeness (QED) is 0.693. The number of ether oxygens (including phenoxy) is 1. The maximum absolute atomic E-state index is 12.1. The number of hydrogen-bond acceptors (Lipinski definition) is 4. The molecule has 2 atom stereocenters. The molecule has 2 rings (SSSR count). The molecule has 0 spiro atoms. The van der Waals surface area contributed by atoms with E-state index in [1.54, 1.807) is 29.2 Å². The third-order valence-electron chi connectivity index (χ3n) is 2.98. The molecule has 1 saturated heterocycles. The number of nitrogens with two attached hydrogens (primary N) is 1. The monoisotopic (exact) mass is 265 g/mol. The van der Waals surface area contributed by atoms with Crippen molar-refractivity contribution in [1.82, 2.24) is 4.90 Å². The third kappa shape index (κ3) is 3.59. The Labute approximate surface area is 112 Å². The van der Waals surface area contributed by atoms with Crippen molar-refractivity contribution in [3.05, 3.63) is 24.3 Å². The predicted octanol–water partition coefficient (Wildman–Crippen LogP) is 0.882. The van der Waals surface area contributed by atoms with Gasteiger partial charge in [0, 0.05) is 17.9 Å². The first-order valence-electron chi connectivity index (χ1n) is 6.26. The summed E-state index contributed by atoms with van der Waals surface area (Å²) in [5.41, 5.74) is 6.93. The second-order valence-electron chi connectivity index (χ2n) is 4.71. The third-order valence-corrected chi connectivity index (χ3v) is 2.98. The molecule has 0 aromatic heterocycles. The normalized spacial score (nSPS) is 23.2. The van der Waals surface area contributed by atoms with Crippen molar-refractivity contribution in [3.63, 3.8) is 0 Å². The number of amides is 2. The first kappa shape index (κ1) is 13.6. The average molecular weight is 265 g/mol. The van der Waals surface area contributed by atoms with Crippen LogP contribution >= 0.6 is 0 Å². The Morgan fingerprint density at radius 1 is 1.47 bits per heavy atom. The van der Waals surface area contributed by atoms with Gasteiger partial charge in [0.1, 0.15) is 0 Å². The molecule has 1 fully saturated rings. The van der Waals surface area contributed by atoms with Gasteiger partial charge >= 0.3 is 6.03 Å². The summed E-state index contributed by atoms with van der Waals surface area (Å²) in [6, 6.07) is 6.77. The minimum Gasteiger partial charge on any atom is -0.399 e. The van der Waals surface area contributed by atoms with Gasteiger partial charge in [-0.15, -0.1) is 0 Å². The van der Waals surface area contributed by atoms with Crippen LogP contribution in [0, 0.1) is 0 Å². The highest BCUT2D eigenvalue weighted by Gasteiger charge is 2.27. The van der Waals surface area contributed by atoms with Crippen LogP contribution in [0.5, 0.6) is 0 Å². The number of aliphatic hydroxyl groups excluding tert-OH is 1. The highest BCUT2D eigenvalue weighted by Crippen LogP contribution is 2.14. The molecule has 1 aromatic carbocycles. The average Bonchev–Trinajstić information content (AvgIpc) is 2.40. The Morgan fingerprint density at radius 3 is 2.79 bits per heavy atom. The number of anilines is 2. The topological polar surface area (TPSA) is 87.8 Å². The van der Waals surface area contributed by atoms with Crippen molar-refractivity contribution in [2.45, 2.75) is 19.1 Å². The number of benzene rings is 1. The van der Waals surface area contributed by atoms with Crippen LogP contribution in [-0.2, 0) is 4.74 Å². The van der Waals surface area contributed by atoms with Crippen molar-refractivity contribution in [2.75, 3.05) is 30.7 Å². The van der Waals surface area contributed by atoms with Crippen LogP contribution in [0.15, 0.2) is 24.3 Å². The lowest BCUT2D eigenvalue weighted by Gasteiger charge is -2.35. The molecule has 0 saturated carbocycles. The number of urea groups is 1. The minimum atomic E-state index is -0.319. The second-order valence-corrected chi connectivity index (χ2v) is 4.71. The zero-order chi connectivity index (χ0) is 13.8. The smallest absolute Gasteiger partial charge is 0.322 e. The lowest BCUT2D eigenvalue weighted by Crippen LogP contribution is -2.51. The maximum Gasteiger partial charge on any atom is 0.322 e. The summed E-state index contributed by atoms with van der Waals surface area (Å²) in [4.78, 5) is 13.8. The zero-order valence-corrected chi connectivity index (χ0v) is 10.9. The summed E-state index contributed by atoms with van der Waals surface area (Å²) in [6.45, 7) is 2.69. The molecule has 0 aliphatic carbocycles. The molecule has 1 aromatic rings. The fraction of sp³-hybridized carbons (Fsp3) is 0.462. The molecule has 0 radical (unpaired) electrons. The number of hydrogen-bond donors (Lipinski definition) is 3. The highest BCUT2D eigenvalue weighted by molar-refractivity contribution is 5.89. The molecule has 2 amide bonds. The van der Waals surface area contributed by atoms with Crippen LogP contribution in [0.1, 0.15) is 6.92 Å². The Bertz CT molecular complexity index is 435. The summed E-state index contributed by atoms with van der Waals surface area (Å²) < 4.78 is 5.49. The number of aliphatic hydroxyl groups is 1. The number of rotatable bonds is 2. The second kappa shape index (κ2) is 5.90. The van der Waals surface area contributed by atoms with Crippen molar-refractivity contribution in [3.8, 4) is 0 Å². The van der Waals surface area contributed by atoms with Crippen molar-refractivity contribution >= 4 is 17.4 Å². The van der Waals surface area contributed by atoms with E-state index in [9.17, 15) is 4.79 Å². The van der Waals surface area contributed by atoms with Crippen molar-refractivity contribution in [1.29, 1.82) is 0 Å². The molecule has 19 heavy (non-hydrogen) atoms. The van der Waals surface area contributed by atoms with Gasteiger partial charge in [-0.3, -0.25) is 0 Å². The molecule has 6 nitrogen and oxygen atoms in total. The van der Waals surface area contributed by atoms with E-state index in [2.05, 4.69) is 5.32 Å². The Morgan fingerprint density at radius 2 is 2.16 bits per heavy atom. The first-order chi connectivity index (χ1) is 9.08. The predicted molar refractivity (Wildman–Crippen MR) is 72.9 cm³/mol. The number of nitrogens with one attached hydrogen (secondary N) is 1. The van der Waals surface area contributed by atoms with E-state index >= 15 is 0 Å². The van der Waals surface area contributed by atoms with Gasteiger partial charge in [-0.05, 0) is 31.2 Å². The van der Waals surface area contributed by atoms with E-state index in [0.29, 0.717) is 24.5 Å². The SMILES string of the molecule is CC1CN(C(=O)Nc2ccc(N)cc2)CC(CO)O1. The number of nitrogens with zero attached hydrogens (tertiary/aromatic N) is 1. The molecule has 1 heterocycles. The maximum atomic E-state index is 12.1. The van der Waals surface area contributed by atoms with E-state index in [-0.39, 0.29) is 24.8 Å². The van der Waals surface area contributed by atoms with E-state index in [1.807, 2.05) is 6.92 Å². The number of morpholine rings is 1. The standard InChI is InChI=1S/C13H19N3O3/c1-9-6-16(7-12(8-17)19-9)13(18)15-11-4-2-10(14)3-5-11/h2-5,9,12,17H,6-8,14H2,1H3,(H,15,18). The molecule has 1 aliphatic heterocycles. The first-order valence-corrected chi connectivity index (χ1v) is 6.26. The number of nitrogen functional groups attached to an aromatic ring is 1. The summed E-state index contributed by atoms with van der Waals surface area (Å²) in [5, 5.41) is 11.9. The van der Waals surface area contributed by atoms with E-state index in [0.717, 1.165) is 0 Å². The van der Waals surface area contributed by atoms with Gasteiger partial charge in [-0.1, -0.05) is 0 Å². The van der Waals surface area contributed by atoms with E-state index < -0.39 is 0 Å². The summed E-state index contributed by atoms with van der Waals surface area (Å²) in [6.07, 6.45) is -0.399. The minimum absolute atomic E-state index is 0.0805. The van der Waals surface area contributed by atoms with Crippen molar-refractivity contribution in [2.24, 2.45) is 0 Å². The van der Waals surface area contributed by atoms with Gasteiger partial charge in [0.25, 0.3) is 0 Å². The summed E-state index contributed by atoms with van der Waals surface area (Å²) >= 11 is 0. The Hall–Kier alpha value is -1.79. The van der Waals surface area contributed by atoms with Gasteiger partial charge < -0.3 is 25.8 Å². The summed E-state index contributed by atoms with van der Waals surface area (Å²) in [7, 11) is 0. The lowest BCUT2D eigenvalue weighted by atomic mass is 10.2. The van der Waals surface area contributed by atoms with E-state index in [1.165, 1.54) is 0 Å². The van der Waals surface area contributed by atoms with Crippen LogP contribution in [0.4, 0.5) is 16.2 Å². The number of carbonyl (C=O) groups excluding carboxylic acids is 1. The lowest BCUT2D eigenvalue weighted by molar-refractivity contribution is -0.0822. The fourth-order valence-corrected chi connectivity index (χ4v) is 2.08. The molecule has 4 N–H and O–H groups in total. The zero-order valence-electron chi connectivity index (χ0n) is 10.9. The van der Waals surface area contributed by atoms with Crippen LogP contribution in [0.25, 0.3) is 0 Å². The van der Waals surface area contributed by atoms with Gasteiger partial charge in [0.2, 0.25) is 0 Å². The Balaban J connectivity index is 1.97. The van der Waals surface area contributed by atoms with Crippen LogP contribution < -0.4 is 11.1 Å². The van der Waals surface area contributed by atoms with Crippen LogP contribution in [0.2, 0.25) is 0 Å². The van der Waals surface area contributed by atoms with Gasteiger partial charge in [0.15, 0.2) is 0 Å². The van der Waals surface area contributed by atoms with Crippen molar-refractivity contribution < 1.29 is 14.6 Å². The van der Waals surface area contributed by atoms with Gasteiger partial charge in [0.05, 0.1) is 25.4 Å². The molecule has 1 aliphatic rings. The van der Waals surface area contributed by atoms with E-state index in [4.69, 9.17) is 15.6 Å². The largest absolute Gasteiger partial charge is 0.399 e. The molecule has 0 bridgehead atoms. The Kier molecular flexibility index (Phi) is 4.24. The molecular weight excluding hydrogens is 246 g/mol. The van der Waals surface area contributed by atoms with Gasteiger partial charge in [-0.25, -0.2) is 4.79 Å². The molecule has 6 heteroatoms. The van der Waals surface area contributed by atoms with Gasteiger partial charge in [-0.2, -0.15) is 0 Å². The molecule has 104 valence electrons. The van der Waals surface area contributed by atoms with Crippen LogP contribution in [-0.4, -0.2) is 47.9 Å². The molecular formula is C13H19N3O3. The fourth-order valence-electron chi connectivity index (χ4n) is 2.08. The highest BCUT2D eigenvalue weighted by atomic mass is 16.5. The number of carbonyl (C=O) groups is 1. The summed E-state index contributed by atoms with van der Waals surface area (Å²) in [5.74, 6) is 0.